The van der Waals surface area contributed by atoms with Gasteiger partial charge in [-0.25, -0.2) is 0 Å². The molecule has 0 spiro atoms. The summed E-state index contributed by atoms with van der Waals surface area (Å²) in [6.45, 7) is 4.14. The van der Waals surface area contributed by atoms with Gasteiger partial charge in [-0.05, 0) is 77.0 Å². The van der Waals surface area contributed by atoms with E-state index >= 15 is 0 Å². The van der Waals surface area contributed by atoms with Crippen LogP contribution in [0.3, 0.4) is 0 Å². The molecule has 83 heavy (non-hydrogen) atoms. The summed E-state index contributed by atoms with van der Waals surface area (Å²) in [6.07, 6.45) is 87.7. The van der Waals surface area contributed by atoms with E-state index in [9.17, 15) is 19.0 Å². The number of nitrogens with zero attached hydrogens (tertiary/aromatic N) is 1. The lowest BCUT2D eigenvalue weighted by molar-refractivity contribution is -0.870. The van der Waals surface area contributed by atoms with E-state index in [1.165, 1.54) is 161 Å². The number of quaternary nitrogens is 1. The summed E-state index contributed by atoms with van der Waals surface area (Å²) in [7, 11) is 1.15. The van der Waals surface area contributed by atoms with E-state index in [0.29, 0.717) is 17.4 Å². The highest BCUT2D eigenvalue weighted by molar-refractivity contribution is 7.45. The van der Waals surface area contributed by atoms with Gasteiger partial charge in [0.1, 0.15) is 19.8 Å². The fourth-order valence-electron chi connectivity index (χ4n) is 9.62. The van der Waals surface area contributed by atoms with Gasteiger partial charge in [-0.15, -0.1) is 0 Å². The molecular weight excluding hydrogens is 1050 g/mol. The molecule has 0 aromatic rings. The van der Waals surface area contributed by atoms with Crippen molar-refractivity contribution in [1.29, 1.82) is 0 Å². The summed E-state index contributed by atoms with van der Waals surface area (Å²) in [5.74, 6) is -0.844. The molecule has 0 bridgehead atoms. The lowest BCUT2D eigenvalue weighted by atomic mass is 10.0. The Morgan fingerprint density at radius 1 is 0.386 bits per heavy atom. The van der Waals surface area contributed by atoms with Crippen LogP contribution in [0.25, 0.3) is 0 Å². The molecule has 0 aliphatic rings. The van der Waals surface area contributed by atoms with Crippen LogP contribution in [-0.4, -0.2) is 70.0 Å². The molecule has 0 radical (unpaired) electrons. The van der Waals surface area contributed by atoms with Gasteiger partial charge in [0.25, 0.3) is 7.82 Å². The van der Waals surface area contributed by atoms with Crippen LogP contribution in [-0.2, 0) is 32.7 Å². The summed E-state index contributed by atoms with van der Waals surface area (Å²) >= 11 is 0. The summed E-state index contributed by atoms with van der Waals surface area (Å²) < 4.78 is 34.3. The second kappa shape index (κ2) is 63.4. The molecule has 0 aromatic carbocycles. The monoisotopic (exact) mass is 1180 g/mol. The molecule has 10 heteroatoms. The third-order valence-electron chi connectivity index (χ3n) is 14.9. The summed E-state index contributed by atoms with van der Waals surface area (Å²) in [4.78, 5) is 38.0. The Labute approximate surface area is 513 Å². The van der Waals surface area contributed by atoms with Crippen LogP contribution in [0.5, 0.6) is 0 Å². The topological polar surface area (TPSA) is 111 Å². The van der Waals surface area contributed by atoms with E-state index in [1.807, 2.05) is 21.1 Å². The fraction of sp³-hybridized carbons (Fsp3) is 0.753. The number of phosphoric ester groups is 1. The van der Waals surface area contributed by atoms with Gasteiger partial charge in [0.15, 0.2) is 6.10 Å². The van der Waals surface area contributed by atoms with E-state index in [0.717, 1.165) is 109 Å². The molecule has 0 N–H and O–H groups in total. The fourth-order valence-corrected chi connectivity index (χ4v) is 10.3. The molecule has 0 rings (SSSR count). The number of hydrogen-bond donors (Lipinski definition) is 0. The number of unbranched alkanes of at least 4 members (excludes halogenated alkanes) is 33. The smallest absolute Gasteiger partial charge is 0.306 e. The van der Waals surface area contributed by atoms with Crippen molar-refractivity contribution >= 4 is 19.8 Å². The van der Waals surface area contributed by atoms with Gasteiger partial charge >= 0.3 is 11.9 Å². The van der Waals surface area contributed by atoms with Gasteiger partial charge in [-0.1, -0.05) is 310 Å². The second-order valence-corrected chi connectivity index (χ2v) is 25.6. The minimum Gasteiger partial charge on any atom is -0.756 e. The van der Waals surface area contributed by atoms with Crippen LogP contribution in [0.2, 0.25) is 0 Å². The standard InChI is InChI=1S/C73H130NO8P/c1-6-8-10-12-14-16-18-20-22-24-26-28-30-32-34-36-37-38-40-42-44-46-48-50-52-54-56-58-60-62-64-66-73(76)82-71(70-81-83(77,78)80-68-67-74(3,4)5)69-79-72(75)65-63-61-59-57-55-53-51-49-47-45-43-41-39-35-33-31-29-27-25-23-21-19-17-15-13-11-9-7-2/h8,10,14,16,20,22,26,28,32,34,37-38,42,44,48,50,71H,6-7,9,11-13,15,17-19,21,23-25,27,29-31,33,35-36,39-41,43,45-47,49,51-70H2,1-5H3/b10-8-,16-14-,22-20-,28-26-,34-32-,38-37-,44-42-,50-48-. The predicted octanol–water partition coefficient (Wildman–Crippen LogP) is 21.7. The first kappa shape index (κ1) is 79.9. The number of carbonyl (C=O) groups is 2. The Kier molecular flexibility index (Phi) is 61.1. The zero-order valence-corrected chi connectivity index (χ0v) is 55.5. The average Bonchev–Trinajstić information content (AvgIpc) is 3.49. The van der Waals surface area contributed by atoms with E-state index in [1.54, 1.807) is 0 Å². The summed E-state index contributed by atoms with van der Waals surface area (Å²) in [6, 6.07) is 0. The quantitative estimate of drug-likeness (QED) is 0.0195. The van der Waals surface area contributed by atoms with Crippen molar-refractivity contribution in [2.75, 3.05) is 47.5 Å². The van der Waals surface area contributed by atoms with Gasteiger partial charge in [0.2, 0.25) is 0 Å². The highest BCUT2D eigenvalue weighted by Gasteiger charge is 2.22. The second-order valence-electron chi connectivity index (χ2n) is 24.2. The number of esters is 2. The van der Waals surface area contributed by atoms with Crippen molar-refractivity contribution < 1.29 is 42.1 Å². The van der Waals surface area contributed by atoms with Crippen LogP contribution >= 0.6 is 7.82 Å². The van der Waals surface area contributed by atoms with Crippen molar-refractivity contribution in [1.82, 2.24) is 0 Å². The van der Waals surface area contributed by atoms with Gasteiger partial charge in [-0.3, -0.25) is 14.2 Å². The molecule has 0 aromatic heterocycles. The molecule has 0 aliphatic heterocycles. The molecule has 0 saturated heterocycles. The van der Waals surface area contributed by atoms with Crippen molar-refractivity contribution in [3.8, 4) is 0 Å². The molecule has 2 unspecified atom stereocenters. The van der Waals surface area contributed by atoms with Crippen LogP contribution in [0.15, 0.2) is 97.2 Å². The first-order valence-electron chi connectivity index (χ1n) is 34.4. The van der Waals surface area contributed by atoms with Crippen LogP contribution < -0.4 is 4.89 Å². The van der Waals surface area contributed by atoms with Gasteiger partial charge in [-0.2, -0.15) is 0 Å². The Morgan fingerprint density at radius 2 is 0.687 bits per heavy atom. The molecule has 0 aliphatic carbocycles. The average molecular weight is 1180 g/mol. The zero-order valence-electron chi connectivity index (χ0n) is 54.6. The van der Waals surface area contributed by atoms with Crippen molar-refractivity contribution in [3.63, 3.8) is 0 Å². The number of rotatable bonds is 63. The third kappa shape index (κ3) is 67.9. The van der Waals surface area contributed by atoms with Crippen molar-refractivity contribution in [2.24, 2.45) is 0 Å². The van der Waals surface area contributed by atoms with Crippen molar-refractivity contribution in [3.05, 3.63) is 97.2 Å². The van der Waals surface area contributed by atoms with E-state index in [4.69, 9.17) is 18.5 Å². The van der Waals surface area contributed by atoms with Crippen LogP contribution in [0, 0.1) is 0 Å². The van der Waals surface area contributed by atoms with E-state index in [2.05, 4.69) is 111 Å². The van der Waals surface area contributed by atoms with Crippen LogP contribution in [0.1, 0.15) is 303 Å². The predicted molar refractivity (Wildman–Crippen MR) is 355 cm³/mol. The number of hydrogen-bond acceptors (Lipinski definition) is 8. The number of carbonyl (C=O) groups excluding carboxylic acids is 2. The highest BCUT2D eigenvalue weighted by Crippen LogP contribution is 2.38. The Bertz CT molecular complexity index is 1720. The maximum atomic E-state index is 12.9. The molecule has 9 nitrogen and oxygen atoms in total. The minimum atomic E-state index is -4.65. The number of ether oxygens (including phenoxy) is 2. The maximum absolute atomic E-state index is 12.9. The Balaban J connectivity index is 4.11. The highest BCUT2D eigenvalue weighted by atomic mass is 31.2. The normalized spacial score (nSPS) is 13.8. The molecule has 0 amide bonds. The summed E-state index contributed by atoms with van der Waals surface area (Å²) in [5, 5.41) is 0. The summed E-state index contributed by atoms with van der Waals surface area (Å²) in [5.41, 5.74) is 0. The third-order valence-corrected chi connectivity index (χ3v) is 15.8. The molecule has 0 saturated carbocycles. The SMILES string of the molecule is CC/C=C\C/C=C\C/C=C\C/C=C\C/C=C\C/C=C\C/C=C\C/C=C\CCCCCCCCC(=O)OC(COC(=O)CCCCCCCCCCCCCCCCCCCCCCCCCCCCCC)COP(=O)([O-])OCC[N+](C)(C)C. The molecular formula is C73H130NO8P. The minimum absolute atomic E-state index is 0.0372. The van der Waals surface area contributed by atoms with Gasteiger partial charge < -0.3 is 27.9 Å². The lowest BCUT2D eigenvalue weighted by Crippen LogP contribution is -2.37. The first-order chi connectivity index (χ1) is 40.5. The zero-order chi connectivity index (χ0) is 60.5. The largest absolute Gasteiger partial charge is 0.756 e. The lowest BCUT2D eigenvalue weighted by Gasteiger charge is -2.28. The number of likely N-dealkylation sites (N-methyl/N-ethyl adjacent to an activating group) is 1. The van der Waals surface area contributed by atoms with E-state index in [-0.39, 0.29) is 32.0 Å². The molecule has 0 fully saturated rings. The number of phosphoric acid groups is 1. The maximum Gasteiger partial charge on any atom is 0.306 e. The number of allylic oxidation sites excluding steroid dienone is 16. The molecule has 480 valence electrons. The van der Waals surface area contributed by atoms with Gasteiger partial charge in [0, 0.05) is 12.8 Å². The Hall–Kier alpha value is -3.07. The van der Waals surface area contributed by atoms with Crippen LogP contribution in [0.4, 0.5) is 0 Å². The van der Waals surface area contributed by atoms with Crippen molar-refractivity contribution in [2.45, 2.75) is 309 Å². The Morgan fingerprint density at radius 3 is 1.02 bits per heavy atom. The molecule has 2 atom stereocenters. The van der Waals surface area contributed by atoms with E-state index < -0.39 is 26.5 Å². The first-order valence-corrected chi connectivity index (χ1v) is 35.9. The molecule has 0 heterocycles. The van der Waals surface area contributed by atoms with Gasteiger partial charge in [0.05, 0.1) is 27.7 Å².